The molecule has 18 heavy (non-hydrogen) atoms. The van der Waals surface area contributed by atoms with Crippen LogP contribution in [-0.2, 0) is 4.79 Å². The maximum atomic E-state index is 12.0. The van der Waals surface area contributed by atoms with Crippen molar-refractivity contribution in [2.24, 2.45) is 0 Å². The van der Waals surface area contributed by atoms with E-state index in [9.17, 15) is 9.90 Å². The molecule has 2 rings (SSSR count). The number of carbonyl (C=O) groups excluding carboxylic acids is 1. The van der Waals surface area contributed by atoms with E-state index in [1.54, 1.807) is 0 Å². The van der Waals surface area contributed by atoms with Crippen LogP contribution in [-0.4, -0.2) is 16.6 Å². The molecule has 1 amide bonds. The van der Waals surface area contributed by atoms with E-state index in [1.165, 1.54) is 0 Å². The molecule has 98 valence electrons. The number of nitrogens with one attached hydrogen (secondary N) is 1. The van der Waals surface area contributed by atoms with Crippen LogP contribution in [0.3, 0.4) is 0 Å². The molecule has 0 atom stereocenters. The van der Waals surface area contributed by atoms with Crippen LogP contribution in [0.1, 0.15) is 43.2 Å². The molecular formula is C15H21NO2. The number of benzene rings is 1. The molecule has 1 aliphatic carbocycles. The number of para-hydroxylation sites is 1. The summed E-state index contributed by atoms with van der Waals surface area (Å²) in [5.41, 5.74) is 2.22. The number of carbonyl (C=O) groups is 1. The van der Waals surface area contributed by atoms with E-state index < -0.39 is 5.60 Å². The molecule has 3 nitrogen and oxygen atoms in total. The second kappa shape index (κ2) is 5.11. The summed E-state index contributed by atoms with van der Waals surface area (Å²) in [5.74, 6) is -0.0863. The van der Waals surface area contributed by atoms with Gasteiger partial charge in [-0.25, -0.2) is 0 Å². The molecule has 0 radical (unpaired) electrons. The maximum absolute atomic E-state index is 12.0. The minimum absolute atomic E-state index is 0.0863. The topological polar surface area (TPSA) is 49.3 Å². The van der Waals surface area contributed by atoms with Crippen LogP contribution in [0.4, 0.5) is 5.69 Å². The van der Waals surface area contributed by atoms with Gasteiger partial charge in [-0.05, 0) is 37.8 Å². The van der Waals surface area contributed by atoms with Gasteiger partial charge in [-0.2, -0.15) is 0 Å². The van der Waals surface area contributed by atoms with Gasteiger partial charge in [-0.15, -0.1) is 0 Å². The van der Waals surface area contributed by atoms with Crippen LogP contribution in [0, 0.1) is 13.8 Å². The quantitative estimate of drug-likeness (QED) is 0.862. The predicted molar refractivity (Wildman–Crippen MR) is 72.6 cm³/mol. The van der Waals surface area contributed by atoms with Gasteiger partial charge in [0.15, 0.2) is 0 Å². The first-order valence-corrected chi connectivity index (χ1v) is 6.59. The number of aliphatic hydroxyl groups is 1. The Balaban J connectivity index is 2.03. The zero-order valence-electron chi connectivity index (χ0n) is 11.1. The fraction of sp³-hybridized carbons (Fsp3) is 0.533. The monoisotopic (exact) mass is 247 g/mol. The second-order valence-corrected chi connectivity index (χ2v) is 5.42. The molecule has 1 aromatic carbocycles. The molecule has 1 aromatic rings. The molecule has 0 aliphatic heterocycles. The van der Waals surface area contributed by atoms with Crippen LogP contribution in [0.25, 0.3) is 0 Å². The number of amides is 1. The standard InChI is InChI=1S/C15H21NO2/c1-11-6-5-7-12(2)14(11)16-13(17)10-15(18)8-3-4-9-15/h5-7,18H,3-4,8-10H2,1-2H3,(H,16,17). The van der Waals surface area contributed by atoms with Crippen LogP contribution >= 0.6 is 0 Å². The first-order chi connectivity index (χ1) is 8.50. The third kappa shape index (κ3) is 2.91. The lowest BCUT2D eigenvalue weighted by atomic mass is 9.97. The van der Waals surface area contributed by atoms with Crippen molar-refractivity contribution in [1.82, 2.24) is 0 Å². The molecule has 1 aliphatic rings. The Morgan fingerprint density at radius 3 is 2.39 bits per heavy atom. The molecule has 1 fully saturated rings. The molecule has 0 saturated heterocycles. The average Bonchev–Trinajstić information content (AvgIpc) is 2.70. The van der Waals surface area contributed by atoms with Gasteiger partial charge in [0.1, 0.15) is 0 Å². The molecule has 3 heteroatoms. The van der Waals surface area contributed by atoms with Crippen molar-refractivity contribution in [3.05, 3.63) is 29.3 Å². The first-order valence-electron chi connectivity index (χ1n) is 6.59. The van der Waals surface area contributed by atoms with Crippen molar-refractivity contribution in [2.75, 3.05) is 5.32 Å². The lowest BCUT2D eigenvalue weighted by molar-refractivity contribution is -0.120. The smallest absolute Gasteiger partial charge is 0.227 e. The Morgan fingerprint density at radius 2 is 1.83 bits per heavy atom. The molecule has 0 aromatic heterocycles. The van der Waals surface area contributed by atoms with Gasteiger partial charge in [0, 0.05) is 5.69 Å². The van der Waals surface area contributed by atoms with Gasteiger partial charge in [-0.3, -0.25) is 4.79 Å². The highest BCUT2D eigenvalue weighted by Crippen LogP contribution is 2.32. The fourth-order valence-corrected chi connectivity index (χ4v) is 2.70. The molecule has 0 spiro atoms. The van der Waals surface area contributed by atoms with Crippen molar-refractivity contribution in [3.63, 3.8) is 0 Å². The highest BCUT2D eigenvalue weighted by molar-refractivity contribution is 5.93. The highest BCUT2D eigenvalue weighted by Gasteiger charge is 2.33. The number of aryl methyl sites for hydroxylation is 2. The van der Waals surface area contributed by atoms with Gasteiger partial charge in [0.05, 0.1) is 12.0 Å². The van der Waals surface area contributed by atoms with E-state index in [1.807, 2.05) is 32.0 Å². The molecule has 0 heterocycles. The van der Waals surface area contributed by atoms with Gasteiger partial charge in [0.25, 0.3) is 0 Å². The third-order valence-electron chi connectivity index (χ3n) is 3.77. The Labute approximate surface area is 108 Å². The van der Waals surface area contributed by atoms with Crippen molar-refractivity contribution in [3.8, 4) is 0 Å². The maximum Gasteiger partial charge on any atom is 0.227 e. The van der Waals surface area contributed by atoms with Crippen LogP contribution in [0.2, 0.25) is 0 Å². The minimum atomic E-state index is -0.777. The summed E-state index contributed by atoms with van der Waals surface area (Å²) in [4.78, 5) is 12.0. The molecule has 0 unspecified atom stereocenters. The molecule has 1 saturated carbocycles. The SMILES string of the molecule is Cc1cccc(C)c1NC(=O)CC1(O)CCCC1. The Kier molecular flexibility index (Phi) is 3.71. The van der Waals surface area contributed by atoms with E-state index in [4.69, 9.17) is 0 Å². The number of hydrogen-bond donors (Lipinski definition) is 2. The van der Waals surface area contributed by atoms with Crippen molar-refractivity contribution >= 4 is 11.6 Å². The van der Waals surface area contributed by atoms with Crippen LogP contribution in [0.15, 0.2) is 18.2 Å². The summed E-state index contributed by atoms with van der Waals surface area (Å²) in [6.07, 6.45) is 3.74. The molecule has 2 N–H and O–H groups in total. The fourth-order valence-electron chi connectivity index (χ4n) is 2.70. The summed E-state index contributed by atoms with van der Waals surface area (Å²) in [6, 6.07) is 5.94. The van der Waals surface area contributed by atoms with Crippen molar-refractivity contribution in [2.45, 2.75) is 51.6 Å². The van der Waals surface area contributed by atoms with Gasteiger partial charge >= 0.3 is 0 Å². The van der Waals surface area contributed by atoms with Crippen molar-refractivity contribution in [1.29, 1.82) is 0 Å². The summed E-state index contributed by atoms with van der Waals surface area (Å²) < 4.78 is 0. The highest BCUT2D eigenvalue weighted by atomic mass is 16.3. The Hall–Kier alpha value is -1.35. The van der Waals surface area contributed by atoms with E-state index in [0.29, 0.717) is 0 Å². The van der Waals surface area contributed by atoms with E-state index in [0.717, 1.165) is 42.5 Å². The zero-order chi connectivity index (χ0) is 13.2. The van der Waals surface area contributed by atoms with E-state index >= 15 is 0 Å². The molecular weight excluding hydrogens is 226 g/mol. The summed E-state index contributed by atoms with van der Waals surface area (Å²) in [7, 11) is 0. The largest absolute Gasteiger partial charge is 0.389 e. The molecule has 0 bridgehead atoms. The van der Waals surface area contributed by atoms with Crippen LogP contribution < -0.4 is 5.32 Å². The average molecular weight is 247 g/mol. The van der Waals surface area contributed by atoms with E-state index in [-0.39, 0.29) is 12.3 Å². The van der Waals surface area contributed by atoms with E-state index in [2.05, 4.69) is 5.32 Å². The summed E-state index contributed by atoms with van der Waals surface area (Å²) in [6.45, 7) is 3.96. The second-order valence-electron chi connectivity index (χ2n) is 5.42. The lowest BCUT2D eigenvalue weighted by Gasteiger charge is -2.21. The van der Waals surface area contributed by atoms with Crippen LogP contribution in [0.5, 0.6) is 0 Å². The minimum Gasteiger partial charge on any atom is -0.389 e. The Morgan fingerprint density at radius 1 is 1.28 bits per heavy atom. The number of anilines is 1. The van der Waals surface area contributed by atoms with Gasteiger partial charge < -0.3 is 10.4 Å². The van der Waals surface area contributed by atoms with Gasteiger partial charge in [-0.1, -0.05) is 31.0 Å². The first kappa shape index (κ1) is 13.1. The number of hydrogen-bond acceptors (Lipinski definition) is 2. The number of rotatable bonds is 3. The third-order valence-corrected chi connectivity index (χ3v) is 3.77. The lowest BCUT2D eigenvalue weighted by Crippen LogP contribution is -2.31. The Bertz CT molecular complexity index is 428. The van der Waals surface area contributed by atoms with Crippen molar-refractivity contribution < 1.29 is 9.90 Å². The zero-order valence-corrected chi connectivity index (χ0v) is 11.1. The summed E-state index contributed by atoms with van der Waals surface area (Å²) in [5, 5.41) is 13.1. The predicted octanol–water partition coefficient (Wildman–Crippen LogP) is 2.94. The summed E-state index contributed by atoms with van der Waals surface area (Å²) >= 11 is 0. The normalized spacial score (nSPS) is 17.7. The van der Waals surface area contributed by atoms with Gasteiger partial charge in [0.2, 0.25) is 5.91 Å².